The van der Waals surface area contributed by atoms with Crippen LogP contribution in [0.5, 0.6) is 0 Å². The van der Waals surface area contributed by atoms with E-state index in [9.17, 15) is 14.0 Å². The van der Waals surface area contributed by atoms with Gasteiger partial charge in [-0.15, -0.1) is 0 Å². The van der Waals surface area contributed by atoms with Crippen molar-refractivity contribution in [2.24, 2.45) is 0 Å². The normalized spacial score (nSPS) is 14.1. The number of nitrogens with one attached hydrogen (secondary N) is 1. The number of pyridine rings is 1. The fourth-order valence-electron chi connectivity index (χ4n) is 2.93. The fraction of sp³-hybridized carbons (Fsp3) is 0.316. The van der Waals surface area contributed by atoms with Crippen LogP contribution in [0.25, 0.3) is 0 Å². The third kappa shape index (κ3) is 5.03. The molecule has 0 bridgehead atoms. The summed E-state index contributed by atoms with van der Waals surface area (Å²) < 4.78 is 13.8. The number of rotatable bonds is 5. The number of aromatic nitrogens is 1. The number of hydrogen-bond acceptors (Lipinski definition) is 4. The number of carbonyl (C=O) groups excluding carboxylic acids is 2. The Kier molecular flexibility index (Phi) is 6.39. The van der Waals surface area contributed by atoms with Crippen LogP contribution in [0.15, 0.2) is 47.1 Å². The van der Waals surface area contributed by atoms with E-state index in [2.05, 4.69) is 31.1 Å². The average Bonchev–Trinajstić information content (AvgIpc) is 2.70. The predicted molar refractivity (Wildman–Crippen MR) is 104 cm³/mol. The fourth-order valence-corrected chi connectivity index (χ4v) is 3.36. The molecule has 0 spiro atoms. The molecule has 1 N–H and O–H groups in total. The molecule has 2 amide bonds. The number of nitrogens with zero attached hydrogens (tertiary/aromatic N) is 3. The van der Waals surface area contributed by atoms with Crippen LogP contribution in [0.3, 0.4) is 0 Å². The van der Waals surface area contributed by atoms with Crippen LogP contribution in [-0.4, -0.2) is 54.4 Å². The summed E-state index contributed by atoms with van der Waals surface area (Å²) in [5, 5.41) is 2.67. The maximum Gasteiger partial charge on any atom is 0.252 e. The van der Waals surface area contributed by atoms with E-state index in [0.717, 1.165) is 25.0 Å². The lowest BCUT2D eigenvalue weighted by molar-refractivity contribution is -0.131. The smallest absolute Gasteiger partial charge is 0.252 e. The molecule has 0 atom stereocenters. The minimum Gasteiger partial charge on any atom is -0.353 e. The standard InChI is InChI=1S/C19H20BrFN4O2/c20-16-5-4-14(21)13-15(16)19(27)23-8-6-18(26)25-11-9-24(10-12-25)17-3-1-2-7-22-17/h1-5,7,13H,6,8-12H2,(H,23,27). The summed E-state index contributed by atoms with van der Waals surface area (Å²) >= 11 is 3.23. The van der Waals surface area contributed by atoms with Crippen molar-refractivity contribution in [2.75, 3.05) is 37.6 Å². The lowest BCUT2D eigenvalue weighted by Gasteiger charge is -2.35. The van der Waals surface area contributed by atoms with Crippen molar-refractivity contribution in [1.29, 1.82) is 0 Å². The number of anilines is 1. The van der Waals surface area contributed by atoms with E-state index in [1.807, 2.05) is 18.2 Å². The first-order valence-electron chi connectivity index (χ1n) is 8.71. The largest absolute Gasteiger partial charge is 0.353 e. The van der Waals surface area contributed by atoms with Gasteiger partial charge in [-0.25, -0.2) is 9.37 Å². The highest BCUT2D eigenvalue weighted by Gasteiger charge is 2.21. The van der Waals surface area contributed by atoms with Gasteiger partial charge in [0.1, 0.15) is 11.6 Å². The third-order valence-corrected chi connectivity index (χ3v) is 5.09. The molecule has 1 aliphatic heterocycles. The monoisotopic (exact) mass is 434 g/mol. The van der Waals surface area contributed by atoms with Crippen molar-refractivity contribution < 1.29 is 14.0 Å². The summed E-state index contributed by atoms with van der Waals surface area (Å²) in [5.74, 6) is 0.0196. The molecule has 0 radical (unpaired) electrons. The summed E-state index contributed by atoms with van der Waals surface area (Å²) in [5.41, 5.74) is 0.214. The minimum absolute atomic E-state index is 0.00530. The van der Waals surface area contributed by atoms with Crippen molar-refractivity contribution in [1.82, 2.24) is 15.2 Å². The molecule has 1 saturated heterocycles. The highest BCUT2D eigenvalue weighted by Crippen LogP contribution is 2.17. The van der Waals surface area contributed by atoms with E-state index in [0.29, 0.717) is 17.6 Å². The van der Waals surface area contributed by atoms with Gasteiger partial charge in [-0.1, -0.05) is 6.07 Å². The molecule has 1 aliphatic rings. The molecule has 8 heteroatoms. The number of halogens is 2. The van der Waals surface area contributed by atoms with Crippen LogP contribution in [0.4, 0.5) is 10.2 Å². The summed E-state index contributed by atoms with van der Waals surface area (Å²) in [6.45, 7) is 2.91. The molecule has 6 nitrogen and oxygen atoms in total. The second-order valence-corrected chi connectivity index (χ2v) is 7.04. The molecule has 1 fully saturated rings. The van der Waals surface area contributed by atoms with Crippen LogP contribution in [0, 0.1) is 5.82 Å². The van der Waals surface area contributed by atoms with Crippen molar-refractivity contribution in [3.63, 3.8) is 0 Å². The first-order valence-corrected chi connectivity index (χ1v) is 9.51. The van der Waals surface area contributed by atoms with Gasteiger partial charge < -0.3 is 15.1 Å². The molecule has 27 heavy (non-hydrogen) atoms. The molecular weight excluding hydrogens is 415 g/mol. The Hall–Kier alpha value is -2.48. The molecule has 0 saturated carbocycles. The minimum atomic E-state index is -0.481. The van der Waals surface area contributed by atoms with Crippen LogP contribution in [-0.2, 0) is 4.79 Å². The Labute approximate surface area is 165 Å². The molecular formula is C19H20BrFN4O2. The molecule has 2 aromatic rings. The first-order chi connectivity index (χ1) is 13.0. The van der Waals surface area contributed by atoms with E-state index in [-0.39, 0.29) is 24.4 Å². The first kappa shape index (κ1) is 19.3. The van der Waals surface area contributed by atoms with E-state index < -0.39 is 11.7 Å². The van der Waals surface area contributed by atoms with Gasteiger partial charge in [0.15, 0.2) is 0 Å². The van der Waals surface area contributed by atoms with Gasteiger partial charge in [0.2, 0.25) is 5.91 Å². The Morgan fingerprint density at radius 2 is 1.93 bits per heavy atom. The molecule has 0 aliphatic carbocycles. The van der Waals surface area contributed by atoms with E-state index >= 15 is 0 Å². The maximum absolute atomic E-state index is 13.3. The highest BCUT2D eigenvalue weighted by molar-refractivity contribution is 9.10. The molecule has 1 aromatic heterocycles. The van der Waals surface area contributed by atoms with Gasteiger partial charge in [-0.3, -0.25) is 9.59 Å². The zero-order valence-corrected chi connectivity index (χ0v) is 16.3. The SMILES string of the molecule is O=C(NCCC(=O)N1CCN(c2ccccn2)CC1)c1cc(F)ccc1Br. The van der Waals surface area contributed by atoms with Crippen LogP contribution in [0.2, 0.25) is 0 Å². The summed E-state index contributed by atoms with van der Waals surface area (Å²) in [6, 6.07) is 9.69. The van der Waals surface area contributed by atoms with Gasteiger partial charge in [0.25, 0.3) is 5.91 Å². The van der Waals surface area contributed by atoms with Crippen molar-refractivity contribution in [3.8, 4) is 0 Å². The molecule has 3 rings (SSSR count). The summed E-state index contributed by atoms with van der Waals surface area (Å²) in [6.07, 6.45) is 1.97. The topological polar surface area (TPSA) is 65.5 Å². The number of carbonyl (C=O) groups is 2. The van der Waals surface area contributed by atoms with Gasteiger partial charge >= 0.3 is 0 Å². The van der Waals surface area contributed by atoms with Crippen LogP contribution < -0.4 is 10.2 Å². The van der Waals surface area contributed by atoms with Gasteiger partial charge in [-0.2, -0.15) is 0 Å². The second kappa shape index (κ2) is 8.94. The van der Waals surface area contributed by atoms with Gasteiger partial charge in [0.05, 0.1) is 5.56 Å². The van der Waals surface area contributed by atoms with Crippen molar-refractivity contribution in [2.45, 2.75) is 6.42 Å². The van der Waals surface area contributed by atoms with Crippen molar-refractivity contribution in [3.05, 3.63) is 58.4 Å². The predicted octanol–water partition coefficient (Wildman–Crippen LogP) is 2.45. The number of amides is 2. The number of benzene rings is 1. The Balaban J connectivity index is 1.44. The Bertz CT molecular complexity index is 811. The summed E-state index contributed by atoms with van der Waals surface area (Å²) in [7, 11) is 0. The lowest BCUT2D eigenvalue weighted by atomic mass is 10.2. The Morgan fingerprint density at radius 1 is 1.15 bits per heavy atom. The molecule has 2 heterocycles. The number of hydrogen-bond donors (Lipinski definition) is 1. The van der Waals surface area contributed by atoms with Crippen LogP contribution in [0.1, 0.15) is 16.8 Å². The maximum atomic E-state index is 13.3. The molecule has 0 unspecified atom stereocenters. The number of piperazine rings is 1. The van der Waals surface area contributed by atoms with Gasteiger partial charge in [-0.05, 0) is 46.3 Å². The van der Waals surface area contributed by atoms with Crippen LogP contribution >= 0.6 is 15.9 Å². The van der Waals surface area contributed by atoms with E-state index in [4.69, 9.17) is 0 Å². The zero-order chi connectivity index (χ0) is 19.2. The van der Waals surface area contributed by atoms with Gasteiger partial charge in [0, 0.05) is 49.8 Å². The van der Waals surface area contributed by atoms with Crippen molar-refractivity contribution >= 4 is 33.6 Å². The Morgan fingerprint density at radius 3 is 2.63 bits per heavy atom. The average molecular weight is 435 g/mol. The summed E-state index contributed by atoms with van der Waals surface area (Å²) in [4.78, 5) is 32.7. The van der Waals surface area contributed by atoms with E-state index in [1.54, 1.807) is 11.1 Å². The van der Waals surface area contributed by atoms with E-state index in [1.165, 1.54) is 12.1 Å². The third-order valence-electron chi connectivity index (χ3n) is 4.40. The second-order valence-electron chi connectivity index (χ2n) is 6.19. The zero-order valence-electron chi connectivity index (χ0n) is 14.7. The molecule has 1 aromatic carbocycles. The lowest BCUT2D eigenvalue weighted by Crippen LogP contribution is -2.49. The quantitative estimate of drug-likeness (QED) is 0.784. The molecule has 142 valence electrons. The highest BCUT2D eigenvalue weighted by atomic mass is 79.9.